The summed E-state index contributed by atoms with van der Waals surface area (Å²) in [6.45, 7) is 4.80. The van der Waals surface area contributed by atoms with Crippen LogP contribution in [0.1, 0.15) is 258 Å². The minimum Gasteiger partial charge on any atom is -0.466 e. The van der Waals surface area contributed by atoms with Crippen molar-refractivity contribution >= 4 is 11.9 Å². The molecule has 0 aromatic rings. The Kier molecular flexibility index (Phi) is 49.2. The fraction of sp³-hybridized carbons (Fsp3) is 0.786. The minimum atomic E-state index is -0.855. The Bertz CT molecular complexity index is 1090. The predicted octanol–water partition coefficient (Wildman–Crippen LogP) is 16.0. The van der Waals surface area contributed by atoms with E-state index in [1.807, 2.05) is 6.08 Å². The number of hydrogen-bond donors (Lipinski definition) is 3. The van der Waals surface area contributed by atoms with Crippen molar-refractivity contribution in [3.63, 3.8) is 0 Å². The summed E-state index contributed by atoms with van der Waals surface area (Å²) in [7, 11) is 0. The smallest absolute Gasteiger partial charge is 0.305 e. The van der Waals surface area contributed by atoms with Crippen molar-refractivity contribution in [2.24, 2.45) is 0 Å². The van der Waals surface area contributed by atoms with Crippen LogP contribution in [0, 0.1) is 0 Å². The Morgan fingerprint density at radius 2 is 0.806 bits per heavy atom. The lowest BCUT2D eigenvalue weighted by Gasteiger charge is -2.20. The van der Waals surface area contributed by atoms with Gasteiger partial charge in [-0.15, -0.1) is 0 Å². The van der Waals surface area contributed by atoms with Crippen molar-refractivity contribution in [3.8, 4) is 0 Å². The van der Waals surface area contributed by atoms with Crippen LogP contribution in [-0.2, 0) is 14.3 Å². The van der Waals surface area contributed by atoms with Gasteiger partial charge >= 0.3 is 5.97 Å². The molecular weight excluding hydrogens is 767 g/mol. The molecule has 0 heterocycles. The van der Waals surface area contributed by atoms with Crippen LogP contribution < -0.4 is 5.32 Å². The third-order valence-corrected chi connectivity index (χ3v) is 11.8. The first-order valence-corrected chi connectivity index (χ1v) is 26.6. The molecule has 0 aromatic heterocycles. The lowest BCUT2D eigenvalue weighted by Crippen LogP contribution is -2.45. The van der Waals surface area contributed by atoms with Gasteiger partial charge in [0, 0.05) is 12.8 Å². The lowest BCUT2D eigenvalue weighted by atomic mass is 10.1. The van der Waals surface area contributed by atoms with Crippen molar-refractivity contribution < 1.29 is 24.5 Å². The molecule has 3 N–H and O–H groups in total. The van der Waals surface area contributed by atoms with Gasteiger partial charge in [-0.05, 0) is 103 Å². The van der Waals surface area contributed by atoms with Gasteiger partial charge in [-0.3, -0.25) is 9.59 Å². The van der Waals surface area contributed by atoms with E-state index in [2.05, 4.69) is 67.8 Å². The second-order valence-corrected chi connectivity index (χ2v) is 17.8. The molecule has 6 nitrogen and oxygen atoms in total. The van der Waals surface area contributed by atoms with E-state index < -0.39 is 12.1 Å². The van der Waals surface area contributed by atoms with Crippen LogP contribution in [0.2, 0.25) is 0 Å². The average Bonchev–Trinajstić information content (AvgIpc) is 3.27. The first-order valence-electron chi connectivity index (χ1n) is 26.6. The zero-order valence-electron chi connectivity index (χ0n) is 40.8. The number of hydrogen-bond acceptors (Lipinski definition) is 5. The van der Waals surface area contributed by atoms with E-state index in [0.717, 1.165) is 89.9 Å². The molecule has 2 atom stereocenters. The molecule has 0 bridgehead atoms. The van der Waals surface area contributed by atoms with E-state index in [1.165, 1.54) is 141 Å². The summed E-state index contributed by atoms with van der Waals surface area (Å²) in [5, 5.41) is 23.0. The van der Waals surface area contributed by atoms with Crippen molar-refractivity contribution in [3.05, 3.63) is 60.8 Å². The topological polar surface area (TPSA) is 95.9 Å². The molecule has 6 heteroatoms. The van der Waals surface area contributed by atoms with E-state index in [0.29, 0.717) is 19.4 Å². The second-order valence-electron chi connectivity index (χ2n) is 17.8. The number of allylic oxidation sites excluding steroid dienone is 9. The highest BCUT2D eigenvalue weighted by Gasteiger charge is 2.18. The molecule has 0 spiro atoms. The molecule has 0 saturated carbocycles. The number of carbonyl (C=O) groups excluding carboxylic acids is 2. The molecule has 0 aromatic carbocycles. The van der Waals surface area contributed by atoms with Crippen LogP contribution in [0.15, 0.2) is 60.8 Å². The molecule has 62 heavy (non-hydrogen) atoms. The SMILES string of the molecule is CCCCC/C=C\C/C=C\CCCCCCCCCC(=O)OCCCCC/C=C\C/C=C\CCCCCCCCCC(=O)NC(CO)C(O)/C=C/CCCCCCCCCCC. The van der Waals surface area contributed by atoms with Gasteiger partial charge in [0.05, 0.1) is 25.4 Å². The second kappa shape index (κ2) is 51.2. The zero-order chi connectivity index (χ0) is 45.1. The van der Waals surface area contributed by atoms with Crippen LogP contribution in [-0.4, -0.2) is 47.4 Å². The fourth-order valence-electron chi connectivity index (χ4n) is 7.63. The normalized spacial score (nSPS) is 13.2. The number of aliphatic hydroxyl groups is 2. The number of ether oxygens (including phenoxy) is 1. The van der Waals surface area contributed by atoms with E-state index in [-0.39, 0.29) is 18.5 Å². The van der Waals surface area contributed by atoms with Crippen LogP contribution in [0.5, 0.6) is 0 Å². The minimum absolute atomic E-state index is 0.0254. The third-order valence-electron chi connectivity index (χ3n) is 11.8. The maximum Gasteiger partial charge on any atom is 0.305 e. The first kappa shape index (κ1) is 59.6. The monoisotopic (exact) mass is 868 g/mol. The molecule has 0 aliphatic carbocycles. The van der Waals surface area contributed by atoms with Crippen LogP contribution in [0.3, 0.4) is 0 Å². The Morgan fingerprint density at radius 1 is 0.452 bits per heavy atom. The molecule has 1 amide bonds. The van der Waals surface area contributed by atoms with E-state index in [4.69, 9.17) is 4.74 Å². The standard InChI is InChI=1S/C56H101NO5/c1-3-5-7-9-11-13-15-16-17-19-23-26-30-34-38-42-46-50-56(61)62-51-47-43-39-35-31-27-24-21-18-20-22-25-29-33-37-41-45-49-55(60)57-53(52-58)54(59)48-44-40-36-32-28-14-12-10-8-6-4-2/h11,13,16-18,21,27,31,44,48,53-54,58-59H,3-10,12,14-15,19-20,22-26,28-30,32-43,45-47,49-52H2,1-2H3,(H,57,60)/b13-11-,17-16-,21-18-,31-27-,48-44+. The summed E-state index contributed by atoms with van der Waals surface area (Å²) in [6.07, 6.45) is 65.1. The van der Waals surface area contributed by atoms with Gasteiger partial charge in [0.25, 0.3) is 0 Å². The average molecular weight is 868 g/mol. The van der Waals surface area contributed by atoms with Gasteiger partial charge in [-0.25, -0.2) is 0 Å². The number of rotatable bonds is 48. The van der Waals surface area contributed by atoms with Gasteiger partial charge in [0.1, 0.15) is 0 Å². The van der Waals surface area contributed by atoms with E-state index in [1.54, 1.807) is 6.08 Å². The molecule has 360 valence electrons. The summed E-state index contributed by atoms with van der Waals surface area (Å²) in [5.74, 6) is -0.113. The lowest BCUT2D eigenvalue weighted by molar-refractivity contribution is -0.143. The molecule has 0 saturated heterocycles. The highest BCUT2D eigenvalue weighted by atomic mass is 16.5. The largest absolute Gasteiger partial charge is 0.466 e. The highest BCUT2D eigenvalue weighted by Crippen LogP contribution is 2.14. The maximum absolute atomic E-state index is 12.4. The van der Waals surface area contributed by atoms with Gasteiger partial charge in [0.2, 0.25) is 5.91 Å². The van der Waals surface area contributed by atoms with Gasteiger partial charge in [-0.1, -0.05) is 203 Å². The first-order chi connectivity index (χ1) is 30.5. The van der Waals surface area contributed by atoms with Crippen molar-refractivity contribution in [1.82, 2.24) is 5.32 Å². The van der Waals surface area contributed by atoms with Crippen LogP contribution >= 0.6 is 0 Å². The number of carbonyl (C=O) groups is 2. The van der Waals surface area contributed by atoms with Crippen molar-refractivity contribution in [2.75, 3.05) is 13.2 Å². The summed E-state index contributed by atoms with van der Waals surface area (Å²) in [6, 6.07) is -0.640. The van der Waals surface area contributed by atoms with Crippen LogP contribution in [0.25, 0.3) is 0 Å². The van der Waals surface area contributed by atoms with Gasteiger partial charge in [-0.2, -0.15) is 0 Å². The van der Waals surface area contributed by atoms with Crippen molar-refractivity contribution in [2.45, 2.75) is 270 Å². The van der Waals surface area contributed by atoms with Gasteiger partial charge < -0.3 is 20.3 Å². The Labute approximate surface area is 384 Å². The van der Waals surface area contributed by atoms with Crippen LogP contribution in [0.4, 0.5) is 0 Å². The third kappa shape index (κ3) is 47.0. The molecule has 0 aliphatic heterocycles. The molecule has 0 aliphatic rings. The molecule has 0 rings (SSSR count). The Morgan fingerprint density at radius 3 is 1.26 bits per heavy atom. The number of amides is 1. The molecule has 0 fully saturated rings. The molecular formula is C56H101NO5. The summed E-state index contributed by atoms with van der Waals surface area (Å²) >= 11 is 0. The molecule has 2 unspecified atom stereocenters. The summed E-state index contributed by atoms with van der Waals surface area (Å²) in [4.78, 5) is 24.4. The summed E-state index contributed by atoms with van der Waals surface area (Å²) in [5.41, 5.74) is 0. The molecule has 0 radical (unpaired) electrons. The van der Waals surface area contributed by atoms with Gasteiger partial charge in [0.15, 0.2) is 0 Å². The fourth-order valence-corrected chi connectivity index (χ4v) is 7.63. The number of esters is 1. The zero-order valence-corrected chi connectivity index (χ0v) is 40.8. The number of unbranched alkanes of at least 4 members (excludes halogenated alkanes) is 29. The number of aliphatic hydroxyl groups excluding tert-OH is 2. The Hall–Kier alpha value is -2.44. The quantitative estimate of drug-likeness (QED) is 0.0322. The summed E-state index contributed by atoms with van der Waals surface area (Å²) < 4.78 is 5.45. The van der Waals surface area contributed by atoms with E-state index in [9.17, 15) is 19.8 Å². The van der Waals surface area contributed by atoms with Crippen molar-refractivity contribution in [1.29, 1.82) is 0 Å². The maximum atomic E-state index is 12.4. The Balaban J connectivity index is 3.52. The number of nitrogens with one attached hydrogen (secondary N) is 1. The highest BCUT2D eigenvalue weighted by molar-refractivity contribution is 5.76. The van der Waals surface area contributed by atoms with E-state index >= 15 is 0 Å². The predicted molar refractivity (Wildman–Crippen MR) is 268 cm³/mol.